The second-order valence-corrected chi connectivity index (χ2v) is 6.28. The number of nitrogens with zero attached hydrogens (tertiary/aromatic N) is 2. The van der Waals surface area contributed by atoms with Crippen molar-refractivity contribution in [3.05, 3.63) is 57.7 Å². The van der Waals surface area contributed by atoms with Gasteiger partial charge in [0.25, 0.3) is 5.91 Å². The molecular formula is C16H11Cl2F3N2O2. The van der Waals surface area contributed by atoms with Crippen LogP contribution in [0.5, 0.6) is 5.88 Å². The summed E-state index contributed by atoms with van der Waals surface area (Å²) < 4.78 is 43.3. The van der Waals surface area contributed by atoms with Crippen molar-refractivity contribution in [2.45, 2.75) is 12.3 Å². The SMILES string of the molecule is O=C(c1cc(Cl)ccc1Cl)N1CC(Oc2cccc(C(F)(F)F)n2)C1. The molecule has 0 bridgehead atoms. The van der Waals surface area contributed by atoms with Gasteiger partial charge in [0.05, 0.1) is 23.7 Å². The first-order valence-corrected chi connectivity index (χ1v) is 7.95. The first kappa shape index (κ1) is 17.8. The molecule has 0 N–H and O–H groups in total. The number of aromatic nitrogens is 1. The highest BCUT2D eigenvalue weighted by molar-refractivity contribution is 6.35. The number of carbonyl (C=O) groups is 1. The van der Waals surface area contributed by atoms with Gasteiger partial charge in [0.2, 0.25) is 5.88 Å². The Morgan fingerprint density at radius 1 is 1.20 bits per heavy atom. The topological polar surface area (TPSA) is 42.4 Å². The highest BCUT2D eigenvalue weighted by Gasteiger charge is 2.35. The van der Waals surface area contributed by atoms with Crippen molar-refractivity contribution < 1.29 is 22.7 Å². The first-order valence-electron chi connectivity index (χ1n) is 7.19. The Labute approximate surface area is 151 Å². The number of likely N-dealkylation sites (tertiary alicyclic amines) is 1. The Morgan fingerprint density at radius 2 is 1.92 bits per heavy atom. The van der Waals surface area contributed by atoms with Crippen LogP contribution in [0.4, 0.5) is 13.2 Å². The number of hydrogen-bond acceptors (Lipinski definition) is 3. The van der Waals surface area contributed by atoms with Crippen molar-refractivity contribution in [3.63, 3.8) is 0 Å². The Morgan fingerprint density at radius 3 is 2.60 bits per heavy atom. The molecular weight excluding hydrogens is 380 g/mol. The molecule has 25 heavy (non-hydrogen) atoms. The Kier molecular flexibility index (Phi) is 4.79. The number of carbonyl (C=O) groups excluding carboxylic acids is 1. The predicted octanol–water partition coefficient (Wildman–Crippen LogP) is 4.31. The van der Waals surface area contributed by atoms with Crippen molar-refractivity contribution >= 4 is 29.1 Å². The van der Waals surface area contributed by atoms with Crippen molar-refractivity contribution in [1.82, 2.24) is 9.88 Å². The molecule has 9 heteroatoms. The molecule has 3 rings (SSSR count). The van der Waals surface area contributed by atoms with Gasteiger partial charge >= 0.3 is 6.18 Å². The van der Waals surface area contributed by atoms with Crippen LogP contribution >= 0.6 is 23.2 Å². The van der Waals surface area contributed by atoms with Crippen molar-refractivity contribution in [2.75, 3.05) is 13.1 Å². The fraction of sp³-hybridized carbons (Fsp3) is 0.250. The molecule has 1 aliphatic heterocycles. The van der Waals surface area contributed by atoms with Gasteiger partial charge in [-0.25, -0.2) is 4.98 Å². The Hall–Kier alpha value is -1.99. The second kappa shape index (κ2) is 6.72. The van der Waals surface area contributed by atoms with Gasteiger partial charge in [-0.2, -0.15) is 13.2 Å². The van der Waals surface area contributed by atoms with Crippen LogP contribution in [-0.4, -0.2) is 35.0 Å². The third kappa shape index (κ3) is 3.99. The summed E-state index contributed by atoms with van der Waals surface area (Å²) in [4.78, 5) is 17.2. The largest absolute Gasteiger partial charge is 0.471 e. The van der Waals surface area contributed by atoms with E-state index < -0.39 is 18.0 Å². The minimum atomic E-state index is -4.54. The molecule has 1 aliphatic rings. The molecule has 1 fully saturated rings. The van der Waals surface area contributed by atoms with E-state index in [4.69, 9.17) is 27.9 Å². The van der Waals surface area contributed by atoms with E-state index in [1.807, 2.05) is 0 Å². The molecule has 1 saturated heterocycles. The van der Waals surface area contributed by atoms with E-state index in [9.17, 15) is 18.0 Å². The van der Waals surface area contributed by atoms with E-state index in [-0.39, 0.29) is 35.5 Å². The fourth-order valence-corrected chi connectivity index (χ4v) is 2.69. The number of ether oxygens (including phenoxy) is 1. The summed E-state index contributed by atoms with van der Waals surface area (Å²) in [5, 5.41) is 0.660. The molecule has 2 aromatic rings. The van der Waals surface area contributed by atoms with Crippen LogP contribution in [0.15, 0.2) is 36.4 Å². The molecule has 0 unspecified atom stereocenters. The maximum atomic E-state index is 12.6. The van der Waals surface area contributed by atoms with Crippen LogP contribution < -0.4 is 4.74 Å². The Balaban J connectivity index is 1.61. The molecule has 0 radical (unpaired) electrons. The lowest BCUT2D eigenvalue weighted by atomic mass is 10.1. The first-order chi connectivity index (χ1) is 11.7. The van der Waals surface area contributed by atoms with Crippen molar-refractivity contribution in [1.29, 1.82) is 0 Å². The highest BCUT2D eigenvalue weighted by Crippen LogP contribution is 2.29. The van der Waals surface area contributed by atoms with Crippen LogP contribution in [0.2, 0.25) is 10.0 Å². The minimum absolute atomic E-state index is 0.132. The maximum absolute atomic E-state index is 12.6. The van der Waals surface area contributed by atoms with E-state index in [1.54, 1.807) is 6.07 Å². The molecule has 4 nitrogen and oxygen atoms in total. The number of benzene rings is 1. The van der Waals surface area contributed by atoms with Crippen molar-refractivity contribution in [3.8, 4) is 5.88 Å². The zero-order valence-electron chi connectivity index (χ0n) is 12.6. The second-order valence-electron chi connectivity index (χ2n) is 5.43. The molecule has 0 spiro atoms. The van der Waals surface area contributed by atoms with Gasteiger partial charge in [-0.1, -0.05) is 29.3 Å². The quantitative estimate of drug-likeness (QED) is 0.783. The smallest absolute Gasteiger partial charge is 0.433 e. The normalized spacial score (nSPS) is 15.0. The summed E-state index contributed by atoms with van der Waals surface area (Å²) in [7, 11) is 0. The standard InChI is InChI=1S/C16H11Cl2F3N2O2/c17-9-4-5-12(18)11(6-9)15(24)23-7-10(8-23)25-14-3-1-2-13(22-14)16(19,20)21/h1-6,10H,7-8H2. The molecule has 1 aromatic heterocycles. The van der Waals surface area contributed by atoms with E-state index in [1.165, 1.54) is 29.2 Å². The van der Waals surface area contributed by atoms with Crippen LogP contribution in [0.25, 0.3) is 0 Å². The molecule has 132 valence electrons. The lowest BCUT2D eigenvalue weighted by Gasteiger charge is -2.38. The number of hydrogen-bond donors (Lipinski definition) is 0. The molecule has 1 aromatic carbocycles. The molecule has 0 aliphatic carbocycles. The van der Waals surface area contributed by atoms with Crippen LogP contribution in [0.3, 0.4) is 0 Å². The lowest BCUT2D eigenvalue weighted by Crippen LogP contribution is -2.56. The van der Waals surface area contributed by atoms with Crippen molar-refractivity contribution in [2.24, 2.45) is 0 Å². The third-order valence-corrected chi connectivity index (χ3v) is 4.16. The van der Waals surface area contributed by atoms with Crippen LogP contribution in [0.1, 0.15) is 16.1 Å². The summed E-state index contributed by atoms with van der Waals surface area (Å²) in [6.07, 6.45) is -4.97. The average Bonchev–Trinajstić information content (AvgIpc) is 2.51. The Bertz CT molecular complexity index is 808. The van der Waals surface area contributed by atoms with E-state index in [2.05, 4.69) is 4.98 Å². The van der Waals surface area contributed by atoms with Gasteiger partial charge < -0.3 is 9.64 Å². The monoisotopic (exact) mass is 390 g/mol. The number of amides is 1. The number of alkyl halides is 3. The van der Waals surface area contributed by atoms with Crippen LogP contribution in [0, 0.1) is 0 Å². The fourth-order valence-electron chi connectivity index (χ4n) is 2.32. The number of halogens is 5. The number of rotatable bonds is 3. The van der Waals surface area contributed by atoms with Gasteiger partial charge in [-0.3, -0.25) is 4.79 Å². The van der Waals surface area contributed by atoms with Gasteiger partial charge in [0.1, 0.15) is 11.8 Å². The predicted molar refractivity (Wildman–Crippen MR) is 86.0 cm³/mol. The summed E-state index contributed by atoms with van der Waals surface area (Å²) in [6.45, 7) is 0.444. The molecule has 0 saturated carbocycles. The number of pyridine rings is 1. The summed E-state index contributed by atoms with van der Waals surface area (Å²) >= 11 is 11.8. The van der Waals surface area contributed by atoms with E-state index >= 15 is 0 Å². The molecule has 1 amide bonds. The third-order valence-electron chi connectivity index (χ3n) is 3.60. The van der Waals surface area contributed by atoms with Gasteiger partial charge in [0.15, 0.2) is 0 Å². The molecule has 0 atom stereocenters. The summed E-state index contributed by atoms with van der Waals surface area (Å²) in [5.41, 5.74) is -0.757. The van der Waals surface area contributed by atoms with E-state index in [0.29, 0.717) is 5.02 Å². The van der Waals surface area contributed by atoms with Crippen LogP contribution in [-0.2, 0) is 6.18 Å². The van der Waals surface area contributed by atoms with Gasteiger partial charge in [-0.15, -0.1) is 0 Å². The molecule has 2 heterocycles. The van der Waals surface area contributed by atoms with E-state index in [0.717, 1.165) is 6.07 Å². The lowest BCUT2D eigenvalue weighted by molar-refractivity contribution is -0.141. The average molecular weight is 391 g/mol. The van der Waals surface area contributed by atoms with Gasteiger partial charge in [-0.05, 0) is 24.3 Å². The maximum Gasteiger partial charge on any atom is 0.433 e. The minimum Gasteiger partial charge on any atom is -0.471 e. The van der Waals surface area contributed by atoms with Gasteiger partial charge in [0, 0.05) is 11.1 Å². The zero-order valence-corrected chi connectivity index (χ0v) is 14.1. The summed E-state index contributed by atoms with van der Waals surface area (Å²) in [5.74, 6) is -0.447. The summed E-state index contributed by atoms with van der Waals surface area (Å²) in [6, 6.07) is 7.99. The zero-order chi connectivity index (χ0) is 18.2. The highest BCUT2D eigenvalue weighted by atomic mass is 35.5.